The maximum absolute atomic E-state index is 13.8. The number of fused-ring (bicyclic) bond motifs is 3. The molecule has 7 fully saturated rings. The van der Waals surface area contributed by atoms with E-state index < -0.39 is 5.41 Å². The highest BCUT2D eigenvalue weighted by molar-refractivity contribution is 5.95. The molecule has 12 nitrogen and oxygen atoms in total. The van der Waals surface area contributed by atoms with E-state index in [-0.39, 0.29) is 48.4 Å². The zero-order chi connectivity index (χ0) is 38.9. The Labute approximate surface area is 331 Å². The number of rotatable bonds is 8. The van der Waals surface area contributed by atoms with Gasteiger partial charge in [-0.25, -0.2) is 0 Å². The number of carbonyl (C=O) groups excluding carboxylic acids is 4. The standard InChI is InChI=1S/C33H43N5O4.C11H14N2O.H2/c1-32(2)27-26(42-18-23-11-7-4-8-12-23)14-34-29(39)25-17-36(19-33(25)20-37(21-33)31(41)28(27)32)30(40)24-13-35-38(16-24)15-22-9-5-3-6-10-22;14-9-13-7-3-11(4-8-13)10-1-5-12-6-2-10;/h3,5-6,9-10,13,16,23,25-28H,4,7-8,11-12,14-15,17-21H2,1-2H3,(H,34,39);1-2,5-6,9,11H,3-4,7-8H2;1H/t25-,26-,27?,28+;;/m0../s1. The Morgan fingerprint density at radius 1 is 0.982 bits per heavy atom. The summed E-state index contributed by atoms with van der Waals surface area (Å²) in [4.78, 5) is 61.2. The summed E-state index contributed by atoms with van der Waals surface area (Å²) in [5.74, 6) is 0.874. The third-order valence-corrected chi connectivity index (χ3v) is 13.8. The Balaban J connectivity index is 0.000000279. The quantitative estimate of drug-likeness (QED) is 0.325. The van der Waals surface area contributed by atoms with Crippen molar-refractivity contribution in [3.05, 3.63) is 83.9 Å². The monoisotopic (exact) mass is 765 g/mol. The lowest BCUT2D eigenvalue weighted by Crippen LogP contribution is -2.64. The van der Waals surface area contributed by atoms with Crippen molar-refractivity contribution in [3.63, 3.8) is 0 Å². The van der Waals surface area contributed by atoms with Gasteiger partial charge in [-0.1, -0.05) is 63.4 Å². The van der Waals surface area contributed by atoms with Gasteiger partial charge >= 0.3 is 0 Å². The van der Waals surface area contributed by atoms with Crippen molar-refractivity contribution in [2.75, 3.05) is 52.4 Å². The molecule has 3 aromatic rings. The molecule has 2 saturated carbocycles. The van der Waals surface area contributed by atoms with Crippen molar-refractivity contribution in [2.24, 2.45) is 34.5 Å². The van der Waals surface area contributed by atoms with Gasteiger partial charge in [-0.15, -0.1) is 0 Å². The van der Waals surface area contributed by atoms with Crippen LogP contribution in [0.15, 0.2) is 67.3 Å². The number of likely N-dealkylation sites (tertiary alicyclic amines) is 2. The number of piperidine rings is 1. The molecule has 10 rings (SSSR count). The van der Waals surface area contributed by atoms with E-state index in [1.165, 1.54) is 37.7 Å². The molecule has 7 aliphatic rings. The van der Waals surface area contributed by atoms with Gasteiger partial charge in [0.15, 0.2) is 0 Å². The van der Waals surface area contributed by atoms with E-state index in [0.717, 1.165) is 37.9 Å². The molecule has 1 N–H and O–H groups in total. The highest BCUT2D eigenvalue weighted by Crippen LogP contribution is 2.62. The van der Waals surface area contributed by atoms with E-state index in [1.54, 1.807) is 22.0 Å². The normalized spacial score (nSPS) is 27.1. The number of nitrogens with one attached hydrogen (secondary N) is 1. The first-order chi connectivity index (χ1) is 27.1. The van der Waals surface area contributed by atoms with Crippen LogP contribution in [-0.2, 0) is 25.7 Å². The van der Waals surface area contributed by atoms with Crippen LogP contribution in [0.2, 0.25) is 0 Å². The molecular formula is C44H59N7O5. The van der Waals surface area contributed by atoms with Gasteiger partial charge in [0.25, 0.3) is 5.91 Å². The third kappa shape index (κ3) is 7.86. The van der Waals surface area contributed by atoms with Gasteiger partial charge in [-0.2, -0.15) is 5.10 Å². The van der Waals surface area contributed by atoms with Gasteiger partial charge in [0.05, 0.1) is 30.3 Å². The number of nitrogens with zero attached hydrogens (tertiary/aromatic N) is 6. The molecule has 1 aromatic carbocycles. The summed E-state index contributed by atoms with van der Waals surface area (Å²) < 4.78 is 8.32. The molecule has 4 amide bonds. The highest BCUT2D eigenvalue weighted by Gasteiger charge is 2.69. The largest absolute Gasteiger partial charge is 0.376 e. The lowest BCUT2D eigenvalue weighted by molar-refractivity contribution is -0.151. The molecule has 5 aliphatic heterocycles. The number of pyridine rings is 1. The Bertz CT molecular complexity index is 1850. The summed E-state index contributed by atoms with van der Waals surface area (Å²) in [6.07, 6.45) is 16.2. The van der Waals surface area contributed by atoms with E-state index in [2.05, 4.69) is 41.4 Å². The highest BCUT2D eigenvalue weighted by atomic mass is 16.5. The first-order valence-corrected chi connectivity index (χ1v) is 20.8. The van der Waals surface area contributed by atoms with Crippen molar-refractivity contribution in [2.45, 2.75) is 77.4 Å². The Hall–Kier alpha value is -4.58. The van der Waals surface area contributed by atoms with Crippen LogP contribution in [-0.4, -0.2) is 112 Å². The molecule has 2 aliphatic carbocycles. The fraction of sp³-hybridized carbons (Fsp3) is 0.591. The van der Waals surface area contributed by atoms with Crippen LogP contribution in [0.25, 0.3) is 0 Å². The maximum Gasteiger partial charge on any atom is 0.257 e. The predicted octanol–water partition coefficient (Wildman–Crippen LogP) is 4.86. The zero-order valence-corrected chi connectivity index (χ0v) is 32.9. The predicted molar refractivity (Wildman–Crippen MR) is 212 cm³/mol. The fourth-order valence-corrected chi connectivity index (χ4v) is 10.4. The molecule has 300 valence electrons. The SMILES string of the molecule is CC1(C)C2[C@@H](OCC3CCCCC3)CNC(=O)[C@@H]3CN(C(=O)c4cnn(Cc5ccccc5)c4)CC34CN(C4)C(=O)[C@@H]21.O=CN1CCC(c2ccncc2)CC1.[HH]. The second-order valence-electron chi connectivity index (χ2n) is 17.8. The minimum Gasteiger partial charge on any atom is -0.376 e. The second kappa shape index (κ2) is 16.1. The Morgan fingerprint density at radius 3 is 2.43 bits per heavy atom. The molecule has 5 saturated heterocycles. The first kappa shape index (κ1) is 38.3. The number of hydrogen-bond acceptors (Lipinski definition) is 7. The summed E-state index contributed by atoms with van der Waals surface area (Å²) in [6.45, 7) is 9.66. The van der Waals surface area contributed by atoms with Gasteiger partial charge < -0.3 is 24.8 Å². The number of carbonyl (C=O) groups is 4. The lowest BCUT2D eigenvalue weighted by atomic mass is 9.71. The first-order valence-electron chi connectivity index (χ1n) is 20.8. The fourth-order valence-electron chi connectivity index (χ4n) is 10.4. The van der Waals surface area contributed by atoms with Crippen LogP contribution >= 0.6 is 0 Å². The van der Waals surface area contributed by atoms with Gasteiger partial charge in [0, 0.05) is 89.7 Å². The van der Waals surface area contributed by atoms with E-state index in [1.807, 2.05) is 52.5 Å². The molecule has 0 radical (unpaired) electrons. The number of ether oxygens (including phenoxy) is 1. The van der Waals surface area contributed by atoms with E-state index in [0.29, 0.717) is 63.3 Å². The summed E-state index contributed by atoms with van der Waals surface area (Å²) in [5.41, 5.74) is 2.42. The van der Waals surface area contributed by atoms with Gasteiger partial charge in [-0.05, 0) is 66.2 Å². The number of amides is 4. The van der Waals surface area contributed by atoms with Crippen LogP contribution in [0, 0.1) is 34.5 Å². The molecule has 2 bridgehead atoms. The molecular weight excluding hydrogens is 707 g/mol. The maximum atomic E-state index is 13.8. The van der Waals surface area contributed by atoms with Gasteiger partial charge in [0.1, 0.15) is 0 Å². The minimum atomic E-state index is -0.410. The summed E-state index contributed by atoms with van der Waals surface area (Å²) in [6, 6.07) is 14.2. The topological polar surface area (TPSA) is 130 Å². The molecule has 1 spiro atoms. The van der Waals surface area contributed by atoms with Crippen molar-refractivity contribution < 1.29 is 25.3 Å². The number of hydrogen-bond donors (Lipinski definition) is 1. The van der Waals surface area contributed by atoms with Crippen molar-refractivity contribution >= 4 is 24.1 Å². The molecule has 2 aromatic heterocycles. The van der Waals surface area contributed by atoms with Crippen LogP contribution in [0.4, 0.5) is 0 Å². The average Bonchev–Trinajstić information content (AvgIpc) is 3.52. The van der Waals surface area contributed by atoms with Gasteiger partial charge in [0.2, 0.25) is 18.2 Å². The Morgan fingerprint density at radius 2 is 1.71 bits per heavy atom. The number of aromatic nitrogens is 3. The molecule has 12 heteroatoms. The Kier molecular flexibility index (Phi) is 11.0. The third-order valence-electron chi connectivity index (χ3n) is 13.8. The van der Waals surface area contributed by atoms with Crippen molar-refractivity contribution in [1.82, 2.24) is 34.8 Å². The number of benzene rings is 1. The van der Waals surface area contributed by atoms with E-state index in [9.17, 15) is 19.2 Å². The summed E-state index contributed by atoms with van der Waals surface area (Å²) in [5, 5.41) is 7.65. The summed E-state index contributed by atoms with van der Waals surface area (Å²) >= 11 is 0. The van der Waals surface area contributed by atoms with Crippen LogP contribution in [0.3, 0.4) is 0 Å². The zero-order valence-electron chi connectivity index (χ0n) is 32.9. The lowest BCUT2D eigenvalue weighted by Gasteiger charge is -2.50. The molecule has 1 unspecified atom stereocenters. The van der Waals surface area contributed by atoms with Crippen LogP contribution in [0.1, 0.15) is 87.6 Å². The van der Waals surface area contributed by atoms with Crippen molar-refractivity contribution in [1.29, 1.82) is 0 Å². The van der Waals surface area contributed by atoms with Crippen LogP contribution in [0.5, 0.6) is 0 Å². The molecule has 4 atom stereocenters. The molecule has 56 heavy (non-hydrogen) atoms. The molecule has 7 heterocycles. The van der Waals surface area contributed by atoms with E-state index in [4.69, 9.17) is 4.74 Å². The average molecular weight is 766 g/mol. The summed E-state index contributed by atoms with van der Waals surface area (Å²) in [7, 11) is 0. The smallest absolute Gasteiger partial charge is 0.257 e. The van der Waals surface area contributed by atoms with Gasteiger partial charge in [-0.3, -0.25) is 28.8 Å². The minimum absolute atomic E-state index is 0. The van der Waals surface area contributed by atoms with Crippen molar-refractivity contribution in [3.8, 4) is 0 Å². The van der Waals surface area contributed by atoms with E-state index >= 15 is 0 Å². The van der Waals surface area contributed by atoms with Crippen LogP contribution < -0.4 is 5.32 Å². The second-order valence-corrected chi connectivity index (χ2v) is 17.8.